The molecule has 0 saturated heterocycles. The van der Waals surface area contributed by atoms with Crippen LogP contribution in [-0.2, 0) is 11.2 Å². The van der Waals surface area contributed by atoms with Crippen LogP contribution >= 0.6 is 0 Å². The predicted octanol–water partition coefficient (Wildman–Crippen LogP) is 4.30. The molecule has 31 heavy (non-hydrogen) atoms. The van der Waals surface area contributed by atoms with Gasteiger partial charge in [0.25, 0.3) is 0 Å². The number of halogens is 1. The molecule has 0 aliphatic rings. The number of carboxylic acid groups (broad SMARTS) is 1. The van der Waals surface area contributed by atoms with Crippen LogP contribution in [-0.4, -0.2) is 25.8 Å². The fourth-order valence-electron chi connectivity index (χ4n) is 3.45. The van der Waals surface area contributed by atoms with Crippen molar-refractivity contribution < 1.29 is 19.0 Å². The molecule has 1 atom stereocenters. The second-order valence-electron chi connectivity index (χ2n) is 7.21. The van der Waals surface area contributed by atoms with Crippen LogP contribution in [0.2, 0.25) is 0 Å². The number of hydrogen-bond donors (Lipinski definition) is 2. The van der Waals surface area contributed by atoms with Crippen molar-refractivity contribution in [1.29, 1.82) is 0 Å². The molecular formula is C23H21FN4O3. The van der Waals surface area contributed by atoms with Crippen LogP contribution in [0.4, 0.5) is 10.2 Å². The van der Waals surface area contributed by atoms with Crippen molar-refractivity contribution in [1.82, 2.24) is 14.8 Å². The van der Waals surface area contributed by atoms with E-state index in [0.717, 1.165) is 16.8 Å². The van der Waals surface area contributed by atoms with Gasteiger partial charge in [0.15, 0.2) is 11.6 Å². The molecule has 0 aliphatic heterocycles. The Kier molecular flexibility index (Phi) is 5.53. The minimum atomic E-state index is -0.857. The Morgan fingerprint density at radius 2 is 2.10 bits per heavy atom. The molecule has 2 aromatic heterocycles. The number of benzene rings is 2. The first-order valence-electron chi connectivity index (χ1n) is 9.78. The third kappa shape index (κ3) is 4.48. The molecule has 4 rings (SSSR count). The van der Waals surface area contributed by atoms with Gasteiger partial charge in [-0.15, -0.1) is 0 Å². The first-order valence-corrected chi connectivity index (χ1v) is 9.78. The van der Waals surface area contributed by atoms with E-state index in [0.29, 0.717) is 23.1 Å². The number of anilines is 1. The fraction of sp³-hybridized carbons (Fsp3) is 0.174. The normalized spacial score (nSPS) is 12.1. The number of pyridine rings is 1. The number of aromatic nitrogens is 3. The van der Waals surface area contributed by atoms with Crippen LogP contribution < -0.4 is 10.5 Å². The lowest BCUT2D eigenvalue weighted by Gasteiger charge is -2.20. The fourth-order valence-corrected chi connectivity index (χ4v) is 3.45. The lowest BCUT2D eigenvalue weighted by Crippen LogP contribution is -2.11. The van der Waals surface area contributed by atoms with Crippen LogP contribution in [0.5, 0.6) is 5.75 Å². The number of fused-ring (bicyclic) bond motifs is 1. The van der Waals surface area contributed by atoms with Crippen molar-refractivity contribution in [3.63, 3.8) is 0 Å². The quantitative estimate of drug-likeness (QED) is 0.462. The molecule has 0 fully saturated rings. The molecule has 0 spiro atoms. The van der Waals surface area contributed by atoms with Gasteiger partial charge in [-0.25, -0.2) is 14.1 Å². The summed E-state index contributed by atoms with van der Waals surface area (Å²) >= 11 is 0. The van der Waals surface area contributed by atoms with Crippen LogP contribution in [0.1, 0.15) is 30.6 Å². The third-order valence-electron chi connectivity index (χ3n) is 4.98. The van der Waals surface area contributed by atoms with Gasteiger partial charge in [-0.3, -0.25) is 4.79 Å². The molecule has 8 heteroatoms. The summed E-state index contributed by atoms with van der Waals surface area (Å²) in [7, 11) is 0. The van der Waals surface area contributed by atoms with E-state index in [1.165, 1.54) is 12.1 Å². The molecule has 158 valence electrons. The third-order valence-corrected chi connectivity index (χ3v) is 4.98. The highest BCUT2D eigenvalue weighted by Crippen LogP contribution is 2.32. The number of hydrogen-bond acceptors (Lipinski definition) is 5. The summed E-state index contributed by atoms with van der Waals surface area (Å²) in [5.74, 6) is -0.684. The number of aryl methyl sites for hydroxylation is 1. The smallest absolute Gasteiger partial charge is 0.303 e. The van der Waals surface area contributed by atoms with Crippen LogP contribution in [0.15, 0.2) is 60.9 Å². The van der Waals surface area contributed by atoms with E-state index in [-0.39, 0.29) is 18.1 Å². The molecular weight excluding hydrogens is 399 g/mol. The molecule has 3 N–H and O–H groups in total. The Morgan fingerprint density at radius 1 is 1.26 bits per heavy atom. The highest BCUT2D eigenvalue weighted by Gasteiger charge is 2.17. The zero-order chi connectivity index (χ0) is 22.0. The summed E-state index contributed by atoms with van der Waals surface area (Å²) in [5.41, 5.74) is 9.14. The van der Waals surface area contributed by atoms with Crippen molar-refractivity contribution >= 4 is 22.7 Å². The predicted molar refractivity (Wildman–Crippen MR) is 115 cm³/mol. The first kappa shape index (κ1) is 20.3. The molecule has 0 saturated carbocycles. The van der Waals surface area contributed by atoms with Gasteiger partial charge in [0.2, 0.25) is 0 Å². The Labute approximate surface area is 177 Å². The SMILES string of the molecule is CC(Oc1cc2cc(F)ccc2nc1N)c1cc(CCC(=O)O)ccc1-n1cccn1. The van der Waals surface area contributed by atoms with Crippen molar-refractivity contribution in [2.75, 3.05) is 5.73 Å². The largest absolute Gasteiger partial charge is 0.482 e. The van der Waals surface area contributed by atoms with E-state index >= 15 is 0 Å². The van der Waals surface area contributed by atoms with E-state index in [4.69, 9.17) is 15.6 Å². The van der Waals surface area contributed by atoms with Crippen molar-refractivity contribution in [3.8, 4) is 11.4 Å². The highest BCUT2D eigenvalue weighted by molar-refractivity contribution is 5.82. The second kappa shape index (κ2) is 8.43. The average Bonchev–Trinajstić information content (AvgIpc) is 3.27. The maximum absolute atomic E-state index is 13.6. The molecule has 2 heterocycles. The topological polar surface area (TPSA) is 103 Å². The number of ether oxygens (including phenoxy) is 1. The molecule has 2 aromatic carbocycles. The van der Waals surface area contributed by atoms with E-state index < -0.39 is 12.1 Å². The van der Waals surface area contributed by atoms with Gasteiger partial charge in [-0.05, 0) is 61.4 Å². The zero-order valence-electron chi connectivity index (χ0n) is 16.8. The van der Waals surface area contributed by atoms with E-state index in [1.807, 2.05) is 37.4 Å². The maximum atomic E-state index is 13.6. The van der Waals surface area contributed by atoms with Crippen LogP contribution in [0, 0.1) is 5.82 Å². The Morgan fingerprint density at radius 3 is 2.84 bits per heavy atom. The Hall–Kier alpha value is -3.94. The molecule has 4 aromatic rings. The highest BCUT2D eigenvalue weighted by atomic mass is 19.1. The minimum Gasteiger partial charge on any atom is -0.482 e. The second-order valence-corrected chi connectivity index (χ2v) is 7.21. The van der Waals surface area contributed by atoms with Crippen LogP contribution in [0.25, 0.3) is 16.6 Å². The Bertz CT molecular complexity index is 1240. The molecule has 0 radical (unpaired) electrons. The van der Waals surface area contributed by atoms with Crippen molar-refractivity contribution in [2.24, 2.45) is 0 Å². The first-order chi connectivity index (χ1) is 14.9. The van der Waals surface area contributed by atoms with Gasteiger partial charge < -0.3 is 15.6 Å². The number of carboxylic acids is 1. The summed E-state index contributed by atoms with van der Waals surface area (Å²) in [6, 6.07) is 13.4. The number of nitrogens with two attached hydrogens (primary N) is 1. The minimum absolute atomic E-state index is 0.0307. The van der Waals surface area contributed by atoms with E-state index in [9.17, 15) is 9.18 Å². The summed E-state index contributed by atoms with van der Waals surface area (Å²) in [6.45, 7) is 1.86. The number of nitrogen functional groups attached to an aromatic ring is 1. The average molecular weight is 420 g/mol. The number of rotatable bonds is 7. The zero-order valence-corrected chi connectivity index (χ0v) is 16.8. The standard InChI is InChI=1S/C23H21FN4O3/c1-14(31-21-13-16-12-17(24)5-6-19(16)27-23(21)25)18-11-15(4-8-22(29)30)3-7-20(18)28-10-2-9-26-28/h2-3,5-7,9-14H,4,8H2,1H3,(H2,25,27)(H,29,30). The molecule has 1 unspecified atom stereocenters. The Balaban J connectivity index is 1.70. The van der Waals surface area contributed by atoms with Gasteiger partial charge in [0, 0.05) is 29.8 Å². The van der Waals surface area contributed by atoms with Crippen molar-refractivity contribution in [2.45, 2.75) is 25.9 Å². The van der Waals surface area contributed by atoms with Gasteiger partial charge in [-0.1, -0.05) is 6.07 Å². The summed E-state index contributed by atoms with van der Waals surface area (Å²) in [4.78, 5) is 15.3. The summed E-state index contributed by atoms with van der Waals surface area (Å²) in [5, 5.41) is 13.9. The number of carbonyl (C=O) groups is 1. The van der Waals surface area contributed by atoms with Crippen molar-refractivity contribution in [3.05, 3.63) is 77.9 Å². The molecule has 7 nitrogen and oxygen atoms in total. The maximum Gasteiger partial charge on any atom is 0.303 e. The van der Waals surface area contributed by atoms with E-state index in [2.05, 4.69) is 10.1 Å². The van der Waals surface area contributed by atoms with Gasteiger partial charge in [-0.2, -0.15) is 5.10 Å². The van der Waals surface area contributed by atoms with Gasteiger partial charge >= 0.3 is 5.97 Å². The lowest BCUT2D eigenvalue weighted by molar-refractivity contribution is -0.136. The molecule has 0 amide bonds. The van der Waals surface area contributed by atoms with Crippen LogP contribution in [0.3, 0.4) is 0 Å². The monoisotopic (exact) mass is 420 g/mol. The lowest BCUT2D eigenvalue weighted by atomic mass is 10.0. The van der Waals surface area contributed by atoms with Gasteiger partial charge in [0.05, 0.1) is 11.2 Å². The van der Waals surface area contributed by atoms with Gasteiger partial charge in [0.1, 0.15) is 11.9 Å². The number of nitrogens with zero attached hydrogens (tertiary/aromatic N) is 3. The summed E-state index contributed by atoms with van der Waals surface area (Å²) < 4.78 is 21.5. The van der Waals surface area contributed by atoms with E-state index in [1.54, 1.807) is 23.0 Å². The molecule has 0 bridgehead atoms. The molecule has 0 aliphatic carbocycles. The number of aliphatic carboxylic acids is 1. The summed E-state index contributed by atoms with van der Waals surface area (Å²) in [6.07, 6.45) is 3.46.